The number of hydrogen-bond acceptors (Lipinski definition) is 7. The Balaban J connectivity index is 1.35. The predicted molar refractivity (Wildman–Crippen MR) is 137 cm³/mol. The lowest BCUT2D eigenvalue weighted by Gasteiger charge is -2.25. The van der Waals surface area contributed by atoms with Gasteiger partial charge in [-0.3, -0.25) is 14.2 Å². The Morgan fingerprint density at radius 1 is 1.15 bits per heavy atom. The monoisotopic (exact) mass is 498 g/mol. The summed E-state index contributed by atoms with van der Waals surface area (Å²) in [5, 5.41) is 4.17. The third kappa shape index (κ3) is 3.88. The van der Waals surface area contributed by atoms with Gasteiger partial charge in [-0.2, -0.15) is 0 Å². The second kappa shape index (κ2) is 8.67. The van der Waals surface area contributed by atoms with Gasteiger partial charge in [0.25, 0.3) is 11.1 Å². The summed E-state index contributed by atoms with van der Waals surface area (Å²) >= 11 is 4.69. The smallest absolute Gasteiger partial charge is 0.263 e. The van der Waals surface area contributed by atoms with Crippen LogP contribution < -0.4 is 11.1 Å². The van der Waals surface area contributed by atoms with Crippen LogP contribution in [-0.4, -0.2) is 19.5 Å². The number of aromatic nitrogens is 4. The Morgan fingerprint density at radius 2 is 2.00 bits per heavy atom. The second-order valence-electron chi connectivity index (χ2n) is 9.33. The molecule has 0 amide bonds. The van der Waals surface area contributed by atoms with Crippen molar-refractivity contribution in [1.82, 2.24) is 19.5 Å². The molecule has 1 N–H and O–H groups in total. The zero-order chi connectivity index (χ0) is 22.5. The van der Waals surface area contributed by atoms with Crippen LogP contribution in [0, 0.1) is 5.92 Å². The van der Waals surface area contributed by atoms with Gasteiger partial charge in [0.15, 0.2) is 5.16 Å². The summed E-state index contributed by atoms with van der Waals surface area (Å²) in [6.45, 7) is 2.27. The summed E-state index contributed by atoms with van der Waals surface area (Å²) in [4.78, 5) is 42.0. The summed E-state index contributed by atoms with van der Waals surface area (Å²) in [6.07, 6.45) is 8.70. The number of H-pyrrole nitrogens is 1. The molecule has 0 aliphatic heterocycles. The van der Waals surface area contributed by atoms with Crippen molar-refractivity contribution in [3.05, 3.63) is 48.4 Å². The standard InChI is InChI=1S/C24H26N4O2S3/c1-13-7-8-15-17(11-13)33-22-19(15)20(29)25-18(26-22)12-32-24-27-21-16(9-10-31-21)23(30)28(24)14-5-3-2-4-6-14/h9-10,13-14H,2-8,11-12H2,1H3,(H,25,26,29)/t13-/m1/s1. The van der Waals surface area contributed by atoms with Crippen molar-refractivity contribution < 1.29 is 0 Å². The van der Waals surface area contributed by atoms with E-state index in [9.17, 15) is 9.59 Å². The minimum atomic E-state index is -0.0333. The van der Waals surface area contributed by atoms with E-state index < -0.39 is 0 Å². The number of nitrogens with zero attached hydrogens (tertiary/aromatic N) is 3. The number of nitrogens with one attached hydrogen (secondary N) is 1. The van der Waals surface area contributed by atoms with Crippen molar-refractivity contribution in [2.45, 2.75) is 75.2 Å². The molecule has 172 valence electrons. The van der Waals surface area contributed by atoms with Crippen LogP contribution in [0.4, 0.5) is 0 Å². The van der Waals surface area contributed by atoms with Crippen molar-refractivity contribution in [3.8, 4) is 0 Å². The molecular weight excluding hydrogens is 472 g/mol. The highest BCUT2D eigenvalue weighted by atomic mass is 32.2. The zero-order valence-corrected chi connectivity index (χ0v) is 21.0. The molecule has 33 heavy (non-hydrogen) atoms. The third-order valence-corrected chi connectivity index (χ3v) is 9.91. The van der Waals surface area contributed by atoms with E-state index in [1.165, 1.54) is 40.0 Å². The lowest BCUT2D eigenvalue weighted by Crippen LogP contribution is -2.28. The van der Waals surface area contributed by atoms with Crippen LogP contribution in [0.15, 0.2) is 26.2 Å². The maximum atomic E-state index is 13.3. The number of aryl methyl sites for hydroxylation is 1. The van der Waals surface area contributed by atoms with Gasteiger partial charge in [-0.1, -0.05) is 37.9 Å². The first-order valence-electron chi connectivity index (χ1n) is 11.7. The van der Waals surface area contributed by atoms with Gasteiger partial charge in [0.1, 0.15) is 15.5 Å². The second-order valence-corrected chi connectivity index (χ2v) is 12.3. The van der Waals surface area contributed by atoms with E-state index in [2.05, 4.69) is 11.9 Å². The van der Waals surface area contributed by atoms with Crippen LogP contribution >= 0.6 is 34.4 Å². The molecule has 0 radical (unpaired) electrons. The van der Waals surface area contributed by atoms with Gasteiger partial charge in [-0.05, 0) is 55.0 Å². The average molecular weight is 499 g/mol. The van der Waals surface area contributed by atoms with Gasteiger partial charge in [0.2, 0.25) is 0 Å². The van der Waals surface area contributed by atoms with Crippen LogP contribution in [0.2, 0.25) is 0 Å². The number of hydrogen-bond donors (Lipinski definition) is 1. The van der Waals surface area contributed by atoms with E-state index in [0.29, 0.717) is 22.9 Å². The van der Waals surface area contributed by atoms with E-state index in [0.717, 1.165) is 65.1 Å². The molecule has 0 spiro atoms. The van der Waals surface area contributed by atoms with E-state index in [4.69, 9.17) is 9.97 Å². The van der Waals surface area contributed by atoms with Crippen molar-refractivity contribution in [2.24, 2.45) is 5.92 Å². The minimum absolute atomic E-state index is 0.0333. The van der Waals surface area contributed by atoms with Gasteiger partial charge in [0.05, 0.1) is 16.5 Å². The Hall–Kier alpha value is -1.97. The molecule has 0 aromatic carbocycles. The molecule has 6 rings (SSSR count). The predicted octanol–water partition coefficient (Wildman–Crippen LogP) is 5.68. The Kier molecular flexibility index (Phi) is 5.66. The maximum absolute atomic E-state index is 13.3. The molecule has 2 aliphatic carbocycles. The highest BCUT2D eigenvalue weighted by Crippen LogP contribution is 2.36. The molecule has 1 atom stereocenters. The highest BCUT2D eigenvalue weighted by molar-refractivity contribution is 7.98. The number of fused-ring (bicyclic) bond motifs is 4. The van der Waals surface area contributed by atoms with Crippen LogP contribution in [0.1, 0.15) is 67.8 Å². The fourth-order valence-electron chi connectivity index (χ4n) is 5.27. The Morgan fingerprint density at radius 3 is 2.85 bits per heavy atom. The van der Waals surface area contributed by atoms with Crippen molar-refractivity contribution in [1.29, 1.82) is 0 Å². The molecular formula is C24H26N4O2S3. The molecule has 4 aromatic heterocycles. The van der Waals surface area contributed by atoms with Crippen molar-refractivity contribution in [3.63, 3.8) is 0 Å². The topological polar surface area (TPSA) is 80.6 Å². The summed E-state index contributed by atoms with van der Waals surface area (Å²) < 4.78 is 1.92. The molecule has 0 saturated heterocycles. The summed E-state index contributed by atoms with van der Waals surface area (Å²) in [6, 6.07) is 2.08. The van der Waals surface area contributed by atoms with Gasteiger partial charge in [-0.25, -0.2) is 9.97 Å². The van der Waals surface area contributed by atoms with Crippen LogP contribution in [0.3, 0.4) is 0 Å². The molecule has 4 heterocycles. The Bertz CT molecular complexity index is 1460. The van der Waals surface area contributed by atoms with Gasteiger partial charge in [0, 0.05) is 10.9 Å². The first-order chi connectivity index (χ1) is 16.1. The summed E-state index contributed by atoms with van der Waals surface area (Å²) in [5.41, 5.74) is 1.23. The summed E-state index contributed by atoms with van der Waals surface area (Å²) in [5.74, 6) is 1.80. The van der Waals surface area contributed by atoms with E-state index in [-0.39, 0.29) is 17.2 Å². The number of thioether (sulfide) groups is 1. The molecule has 1 fully saturated rings. The average Bonchev–Trinajstić information content (AvgIpc) is 3.42. The zero-order valence-electron chi connectivity index (χ0n) is 18.6. The summed E-state index contributed by atoms with van der Waals surface area (Å²) in [7, 11) is 0. The molecule has 2 aliphatic rings. The molecule has 1 saturated carbocycles. The van der Waals surface area contributed by atoms with E-state index >= 15 is 0 Å². The SMILES string of the molecule is C[C@@H]1CCc2c(sc3nc(CSc4nc5sccc5c(=O)n4C4CCCCC4)[nH]c(=O)c23)C1. The minimum Gasteiger partial charge on any atom is -0.309 e. The van der Waals surface area contributed by atoms with E-state index in [1.807, 2.05) is 16.0 Å². The fraction of sp³-hybridized carbons (Fsp3) is 0.500. The number of rotatable bonds is 4. The normalized spacial score (nSPS) is 19.4. The van der Waals surface area contributed by atoms with Gasteiger partial charge < -0.3 is 4.98 Å². The van der Waals surface area contributed by atoms with Gasteiger partial charge in [-0.15, -0.1) is 22.7 Å². The maximum Gasteiger partial charge on any atom is 0.263 e. The van der Waals surface area contributed by atoms with E-state index in [1.54, 1.807) is 11.3 Å². The first-order valence-corrected chi connectivity index (χ1v) is 14.4. The van der Waals surface area contributed by atoms with Crippen LogP contribution in [-0.2, 0) is 18.6 Å². The quantitative estimate of drug-likeness (QED) is 0.289. The lowest BCUT2D eigenvalue weighted by molar-refractivity contribution is 0.326. The highest BCUT2D eigenvalue weighted by Gasteiger charge is 2.24. The largest absolute Gasteiger partial charge is 0.309 e. The number of aromatic amines is 1. The lowest BCUT2D eigenvalue weighted by atomic mass is 9.89. The van der Waals surface area contributed by atoms with Crippen molar-refractivity contribution >= 4 is 54.9 Å². The van der Waals surface area contributed by atoms with Crippen LogP contribution in [0.5, 0.6) is 0 Å². The first kappa shape index (κ1) is 21.6. The third-order valence-electron chi connectivity index (χ3n) is 6.99. The van der Waals surface area contributed by atoms with Crippen molar-refractivity contribution in [2.75, 3.05) is 0 Å². The molecule has 4 aromatic rings. The molecule has 6 nitrogen and oxygen atoms in total. The Labute approximate surface area is 203 Å². The fourth-order valence-corrected chi connectivity index (χ4v) is 8.41. The molecule has 0 unspecified atom stereocenters. The van der Waals surface area contributed by atoms with Crippen LogP contribution in [0.25, 0.3) is 20.4 Å². The molecule has 9 heteroatoms. The number of thiophene rings is 2. The van der Waals surface area contributed by atoms with Gasteiger partial charge >= 0.3 is 0 Å². The molecule has 0 bridgehead atoms.